The number of hydrogen-bond acceptors (Lipinski definition) is 4. The molecule has 35 heavy (non-hydrogen) atoms. The molecule has 0 saturated carbocycles. The lowest BCUT2D eigenvalue weighted by Gasteiger charge is -2.24. The van der Waals surface area contributed by atoms with Crippen LogP contribution in [0.4, 0.5) is 4.39 Å². The van der Waals surface area contributed by atoms with Crippen molar-refractivity contribution in [2.75, 3.05) is 20.2 Å². The third kappa shape index (κ3) is 5.98. The molecule has 3 aromatic rings. The van der Waals surface area contributed by atoms with Gasteiger partial charge in [-0.3, -0.25) is 9.59 Å². The van der Waals surface area contributed by atoms with Gasteiger partial charge in [-0.25, -0.2) is 4.39 Å². The average Bonchev–Trinajstić information content (AvgIpc) is 3.17. The topological polar surface area (TPSA) is 76.1 Å². The first-order chi connectivity index (χ1) is 16.7. The van der Waals surface area contributed by atoms with Gasteiger partial charge < -0.3 is 19.5 Å². The molecule has 1 amide bonds. The molecule has 7 heteroatoms. The number of benzene rings is 3. The minimum absolute atomic E-state index is 0.271. The van der Waals surface area contributed by atoms with Gasteiger partial charge in [0.15, 0.2) is 0 Å². The highest BCUT2D eigenvalue weighted by Crippen LogP contribution is 2.37. The second kappa shape index (κ2) is 10.2. The number of amides is 1. The lowest BCUT2D eigenvalue weighted by Crippen LogP contribution is -2.37. The summed E-state index contributed by atoms with van der Waals surface area (Å²) in [5.41, 5.74) is 2.74. The summed E-state index contributed by atoms with van der Waals surface area (Å²) in [6, 6.07) is 19.0. The lowest BCUT2D eigenvalue weighted by atomic mass is 9.91. The highest BCUT2D eigenvalue weighted by atomic mass is 19.1. The molecule has 182 valence electrons. The predicted octanol–water partition coefficient (Wildman–Crippen LogP) is 4.54. The molecule has 3 aromatic carbocycles. The number of rotatable bonds is 9. The van der Waals surface area contributed by atoms with E-state index in [2.05, 4.69) is 0 Å². The Morgan fingerprint density at radius 3 is 2.40 bits per heavy atom. The number of halogens is 1. The fourth-order valence-corrected chi connectivity index (χ4v) is 4.44. The molecule has 1 N–H and O–H groups in total. The van der Waals surface area contributed by atoms with Crippen LogP contribution in [-0.2, 0) is 24.1 Å². The Hall–Kier alpha value is -3.87. The van der Waals surface area contributed by atoms with Crippen molar-refractivity contribution in [2.24, 2.45) is 0 Å². The van der Waals surface area contributed by atoms with E-state index in [1.807, 2.05) is 31.2 Å². The predicted molar refractivity (Wildman–Crippen MR) is 130 cm³/mol. The summed E-state index contributed by atoms with van der Waals surface area (Å²) in [5, 5.41) is 9.37. The van der Waals surface area contributed by atoms with Gasteiger partial charge in [0.1, 0.15) is 29.5 Å². The largest absolute Gasteiger partial charge is 0.497 e. The van der Waals surface area contributed by atoms with Gasteiger partial charge in [-0.05, 0) is 72.5 Å². The quantitative estimate of drug-likeness (QED) is 0.490. The number of methoxy groups -OCH3 is 1. The Morgan fingerprint density at radius 1 is 1.06 bits per heavy atom. The summed E-state index contributed by atoms with van der Waals surface area (Å²) in [4.78, 5) is 26.1. The van der Waals surface area contributed by atoms with Crippen molar-refractivity contribution >= 4 is 11.9 Å². The van der Waals surface area contributed by atoms with Gasteiger partial charge >= 0.3 is 5.97 Å². The molecule has 1 atom stereocenters. The Kier molecular flexibility index (Phi) is 7.05. The summed E-state index contributed by atoms with van der Waals surface area (Å²) in [7, 11) is 1.59. The fourth-order valence-electron chi connectivity index (χ4n) is 4.44. The number of carbonyl (C=O) groups excluding carboxylic acids is 1. The number of aliphatic carboxylic acids is 1. The molecule has 0 radical (unpaired) electrons. The minimum Gasteiger partial charge on any atom is -0.497 e. The van der Waals surface area contributed by atoms with E-state index in [0.29, 0.717) is 30.6 Å². The summed E-state index contributed by atoms with van der Waals surface area (Å²) < 4.78 is 24.6. The molecule has 4 rings (SSSR count). The fraction of sp³-hybridized carbons (Fsp3) is 0.286. The minimum atomic E-state index is -1.07. The van der Waals surface area contributed by atoms with Crippen molar-refractivity contribution in [3.63, 3.8) is 0 Å². The number of carboxylic acids is 1. The SMILES string of the molecule is COc1ccc(CCN(CC(=O)O)C(=O)c2ccc3c(c2)C[C@](C)(Cc2ccc(F)cc2)O3)cc1. The van der Waals surface area contributed by atoms with E-state index in [1.54, 1.807) is 37.4 Å². The molecule has 0 bridgehead atoms. The van der Waals surface area contributed by atoms with Crippen LogP contribution in [0.25, 0.3) is 0 Å². The Morgan fingerprint density at radius 2 is 1.74 bits per heavy atom. The Bertz CT molecular complexity index is 1210. The van der Waals surface area contributed by atoms with E-state index >= 15 is 0 Å². The van der Waals surface area contributed by atoms with Crippen LogP contribution in [0.1, 0.15) is 34.0 Å². The van der Waals surface area contributed by atoms with E-state index in [-0.39, 0.29) is 24.8 Å². The summed E-state index contributed by atoms with van der Waals surface area (Å²) in [5.74, 6) is -0.246. The molecule has 6 nitrogen and oxygen atoms in total. The first-order valence-corrected chi connectivity index (χ1v) is 11.4. The molecular formula is C28H28FNO5. The van der Waals surface area contributed by atoms with Crippen molar-refractivity contribution in [1.29, 1.82) is 0 Å². The molecule has 0 aromatic heterocycles. The zero-order chi connectivity index (χ0) is 25.0. The smallest absolute Gasteiger partial charge is 0.323 e. The van der Waals surface area contributed by atoms with Gasteiger partial charge in [-0.1, -0.05) is 24.3 Å². The van der Waals surface area contributed by atoms with E-state index in [9.17, 15) is 19.1 Å². The first-order valence-electron chi connectivity index (χ1n) is 11.4. The van der Waals surface area contributed by atoms with Crippen LogP contribution in [0.15, 0.2) is 66.7 Å². The van der Waals surface area contributed by atoms with Crippen LogP contribution in [0.2, 0.25) is 0 Å². The van der Waals surface area contributed by atoms with Crippen LogP contribution >= 0.6 is 0 Å². The second-order valence-corrected chi connectivity index (χ2v) is 9.07. The van der Waals surface area contributed by atoms with Crippen LogP contribution in [0, 0.1) is 5.82 Å². The summed E-state index contributed by atoms with van der Waals surface area (Å²) in [6.07, 6.45) is 1.71. The van der Waals surface area contributed by atoms with Gasteiger partial charge in [-0.2, -0.15) is 0 Å². The lowest BCUT2D eigenvalue weighted by molar-refractivity contribution is -0.137. The van der Waals surface area contributed by atoms with E-state index in [1.165, 1.54) is 17.0 Å². The van der Waals surface area contributed by atoms with Gasteiger partial charge in [0.25, 0.3) is 5.91 Å². The molecule has 0 unspecified atom stereocenters. The van der Waals surface area contributed by atoms with Gasteiger partial charge in [-0.15, -0.1) is 0 Å². The molecular weight excluding hydrogens is 449 g/mol. The van der Waals surface area contributed by atoms with Crippen molar-refractivity contribution in [3.05, 3.63) is 94.8 Å². The standard InChI is InChI=1S/C28H28FNO5/c1-28(16-20-3-8-23(29)9-4-20)17-22-15-21(7-12-25(22)35-28)27(33)30(18-26(31)32)14-13-19-5-10-24(34-2)11-6-19/h3-12,15H,13-14,16-18H2,1-2H3,(H,31,32)/t28-/m0/s1. The highest BCUT2D eigenvalue weighted by molar-refractivity contribution is 5.96. The van der Waals surface area contributed by atoms with Crippen molar-refractivity contribution in [2.45, 2.75) is 31.8 Å². The molecule has 0 spiro atoms. The van der Waals surface area contributed by atoms with Crippen molar-refractivity contribution in [3.8, 4) is 11.5 Å². The van der Waals surface area contributed by atoms with Crippen molar-refractivity contribution < 1.29 is 28.6 Å². The number of hydrogen-bond donors (Lipinski definition) is 1. The molecule has 0 fully saturated rings. The monoisotopic (exact) mass is 477 g/mol. The average molecular weight is 478 g/mol. The van der Waals surface area contributed by atoms with Crippen molar-refractivity contribution in [1.82, 2.24) is 4.90 Å². The maximum Gasteiger partial charge on any atom is 0.323 e. The number of carbonyl (C=O) groups is 2. The van der Waals surface area contributed by atoms with E-state index in [0.717, 1.165) is 22.4 Å². The zero-order valence-corrected chi connectivity index (χ0v) is 19.8. The Balaban J connectivity index is 1.46. The van der Waals surface area contributed by atoms with Gasteiger partial charge in [0.05, 0.1) is 7.11 Å². The van der Waals surface area contributed by atoms with Gasteiger partial charge in [0.2, 0.25) is 0 Å². The summed E-state index contributed by atoms with van der Waals surface area (Å²) >= 11 is 0. The second-order valence-electron chi connectivity index (χ2n) is 9.07. The maximum absolute atomic E-state index is 13.3. The van der Waals surface area contributed by atoms with Crippen LogP contribution in [0.3, 0.4) is 0 Å². The number of carboxylic acid groups (broad SMARTS) is 1. The van der Waals surface area contributed by atoms with Crippen LogP contribution < -0.4 is 9.47 Å². The molecule has 1 aliphatic rings. The van der Waals surface area contributed by atoms with E-state index in [4.69, 9.17) is 9.47 Å². The van der Waals surface area contributed by atoms with Crippen LogP contribution in [-0.4, -0.2) is 47.7 Å². The zero-order valence-electron chi connectivity index (χ0n) is 19.8. The number of fused-ring (bicyclic) bond motifs is 1. The third-order valence-corrected chi connectivity index (χ3v) is 6.16. The normalized spacial score (nSPS) is 16.3. The third-order valence-electron chi connectivity index (χ3n) is 6.16. The van der Waals surface area contributed by atoms with E-state index < -0.39 is 11.6 Å². The molecule has 1 heterocycles. The first kappa shape index (κ1) is 24.3. The number of nitrogens with zero attached hydrogens (tertiary/aromatic N) is 1. The molecule has 0 saturated heterocycles. The maximum atomic E-state index is 13.3. The van der Waals surface area contributed by atoms with Gasteiger partial charge in [0, 0.05) is 24.9 Å². The number of ether oxygens (including phenoxy) is 2. The Labute approximate surface area is 203 Å². The molecule has 0 aliphatic carbocycles. The van der Waals surface area contributed by atoms with Crippen LogP contribution in [0.5, 0.6) is 11.5 Å². The summed E-state index contributed by atoms with van der Waals surface area (Å²) in [6.45, 7) is 1.88. The highest BCUT2D eigenvalue weighted by Gasteiger charge is 2.35. The molecule has 1 aliphatic heterocycles.